The van der Waals surface area contributed by atoms with Crippen LogP contribution in [0.4, 0.5) is 23.7 Å². The van der Waals surface area contributed by atoms with Crippen LogP contribution in [0, 0.1) is 0 Å². The number of carbonyl (C=O) groups excluding carboxylic acids is 1. The van der Waals surface area contributed by atoms with Crippen molar-refractivity contribution in [2.75, 3.05) is 18.9 Å². The van der Waals surface area contributed by atoms with Crippen molar-refractivity contribution in [3.63, 3.8) is 0 Å². The summed E-state index contributed by atoms with van der Waals surface area (Å²) in [6.45, 7) is 0.564. The number of carbonyl (C=O) groups is 1. The van der Waals surface area contributed by atoms with E-state index in [4.69, 9.17) is 4.52 Å². The largest absolute Gasteiger partial charge is 0.416 e. The fourth-order valence-electron chi connectivity index (χ4n) is 3.56. The second kappa shape index (κ2) is 8.38. The number of nitrogens with one attached hydrogen (secondary N) is 2. The van der Waals surface area contributed by atoms with Gasteiger partial charge in [-0.05, 0) is 37.7 Å². The molecule has 2 aromatic carbocycles. The van der Waals surface area contributed by atoms with Gasteiger partial charge in [-0.2, -0.15) is 18.2 Å². The Labute approximate surface area is 176 Å². The predicted octanol–water partition coefficient (Wildman–Crippen LogP) is 4.32. The zero-order chi connectivity index (χ0) is 22.0. The first-order valence-electron chi connectivity index (χ1n) is 9.63. The van der Waals surface area contributed by atoms with Crippen LogP contribution in [-0.4, -0.2) is 40.7 Å². The summed E-state index contributed by atoms with van der Waals surface area (Å²) in [7, 11) is 1.90. The molecule has 4 rings (SSSR count). The van der Waals surface area contributed by atoms with E-state index in [0.29, 0.717) is 24.7 Å². The highest BCUT2D eigenvalue weighted by Crippen LogP contribution is 2.31. The Kier molecular flexibility index (Phi) is 5.64. The van der Waals surface area contributed by atoms with Gasteiger partial charge in [-0.3, -0.25) is 4.90 Å². The van der Waals surface area contributed by atoms with Crippen molar-refractivity contribution in [2.45, 2.75) is 24.7 Å². The molecule has 3 aromatic rings. The normalized spacial score (nSPS) is 19.4. The SMILES string of the molecule is CN1CC(NC(=O)Nc2ccc(C(F)(F)F)cc2)CC1c1nc(-c2ccccc2)no1. The molecule has 1 aliphatic heterocycles. The van der Waals surface area contributed by atoms with Crippen LogP contribution in [0.15, 0.2) is 59.1 Å². The number of hydrogen-bond acceptors (Lipinski definition) is 5. The van der Waals surface area contributed by atoms with E-state index in [0.717, 1.165) is 17.7 Å². The second-order valence-corrected chi connectivity index (χ2v) is 7.38. The third-order valence-electron chi connectivity index (χ3n) is 5.11. The standard InChI is InChI=1S/C21H20F3N5O2/c1-29-12-16(26-20(30)25-15-9-7-14(8-10-15)21(22,23)24)11-17(29)19-27-18(28-31-19)13-5-3-2-4-6-13/h2-10,16-17H,11-12H2,1H3,(H2,25,26,30). The predicted molar refractivity (Wildman–Crippen MR) is 107 cm³/mol. The molecule has 2 atom stereocenters. The van der Waals surface area contributed by atoms with Crippen LogP contribution < -0.4 is 10.6 Å². The van der Waals surface area contributed by atoms with Gasteiger partial charge in [-0.1, -0.05) is 35.5 Å². The van der Waals surface area contributed by atoms with E-state index in [1.807, 2.05) is 42.3 Å². The highest BCUT2D eigenvalue weighted by atomic mass is 19.4. The van der Waals surface area contributed by atoms with Gasteiger partial charge in [0, 0.05) is 23.8 Å². The van der Waals surface area contributed by atoms with Crippen LogP contribution in [-0.2, 0) is 6.18 Å². The summed E-state index contributed by atoms with van der Waals surface area (Å²) in [4.78, 5) is 18.8. The molecule has 1 aromatic heterocycles. The molecular weight excluding hydrogens is 411 g/mol. The van der Waals surface area contributed by atoms with Crippen molar-refractivity contribution in [3.8, 4) is 11.4 Å². The Morgan fingerprint density at radius 3 is 2.52 bits per heavy atom. The molecule has 1 aliphatic rings. The van der Waals surface area contributed by atoms with Gasteiger partial charge < -0.3 is 15.2 Å². The van der Waals surface area contributed by atoms with Crippen LogP contribution in [0.25, 0.3) is 11.4 Å². The average Bonchev–Trinajstić information content (AvgIpc) is 3.35. The van der Waals surface area contributed by atoms with E-state index < -0.39 is 17.8 Å². The first-order chi connectivity index (χ1) is 14.8. The molecule has 10 heteroatoms. The van der Waals surface area contributed by atoms with Gasteiger partial charge in [0.1, 0.15) is 0 Å². The fraction of sp³-hybridized carbons (Fsp3) is 0.286. The zero-order valence-electron chi connectivity index (χ0n) is 16.6. The Morgan fingerprint density at radius 1 is 1.13 bits per heavy atom. The van der Waals surface area contributed by atoms with E-state index in [9.17, 15) is 18.0 Å². The summed E-state index contributed by atoms with van der Waals surface area (Å²) in [6.07, 6.45) is -3.85. The molecule has 2 heterocycles. The highest BCUT2D eigenvalue weighted by molar-refractivity contribution is 5.89. The Balaban J connectivity index is 1.35. The molecular formula is C21H20F3N5O2. The number of alkyl halides is 3. The number of amides is 2. The third kappa shape index (κ3) is 4.85. The van der Waals surface area contributed by atoms with Crippen molar-refractivity contribution < 1.29 is 22.5 Å². The van der Waals surface area contributed by atoms with E-state index in [1.165, 1.54) is 12.1 Å². The third-order valence-corrected chi connectivity index (χ3v) is 5.11. The summed E-state index contributed by atoms with van der Waals surface area (Å²) in [5.41, 5.74) is 0.356. The lowest BCUT2D eigenvalue weighted by atomic mass is 10.1. The highest BCUT2D eigenvalue weighted by Gasteiger charge is 2.35. The number of aromatic nitrogens is 2. The lowest BCUT2D eigenvalue weighted by molar-refractivity contribution is -0.137. The summed E-state index contributed by atoms with van der Waals surface area (Å²) < 4.78 is 43.4. The molecule has 162 valence electrons. The van der Waals surface area contributed by atoms with Crippen LogP contribution >= 0.6 is 0 Å². The van der Waals surface area contributed by atoms with E-state index in [1.54, 1.807) is 0 Å². The minimum Gasteiger partial charge on any atom is -0.337 e. The number of likely N-dealkylation sites (tertiary alicyclic amines) is 1. The molecule has 7 nitrogen and oxygen atoms in total. The summed E-state index contributed by atoms with van der Waals surface area (Å²) in [5, 5.41) is 9.43. The van der Waals surface area contributed by atoms with E-state index in [-0.39, 0.29) is 17.8 Å². The zero-order valence-corrected chi connectivity index (χ0v) is 16.6. The monoisotopic (exact) mass is 431 g/mol. The van der Waals surface area contributed by atoms with Gasteiger partial charge >= 0.3 is 12.2 Å². The number of anilines is 1. The summed E-state index contributed by atoms with van der Waals surface area (Å²) in [6, 6.07) is 12.9. The number of halogens is 3. The van der Waals surface area contributed by atoms with Crippen LogP contribution in [0.1, 0.15) is 23.9 Å². The molecule has 0 saturated carbocycles. The molecule has 2 N–H and O–H groups in total. The minimum absolute atomic E-state index is 0.152. The Morgan fingerprint density at radius 2 is 1.84 bits per heavy atom. The van der Waals surface area contributed by atoms with Crippen LogP contribution in [0.3, 0.4) is 0 Å². The lowest BCUT2D eigenvalue weighted by Gasteiger charge is -2.14. The van der Waals surface area contributed by atoms with E-state index in [2.05, 4.69) is 20.8 Å². The maximum absolute atomic E-state index is 12.6. The maximum atomic E-state index is 12.6. The van der Waals surface area contributed by atoms with Gasteiger partial charge in [-0.25, -0.2) is 4.79 Å². The van der Waals surface area contributed by atoms with Crippen LogP contribution in [0.2, 0.25) is 0 Å². The number of rotatable bonds is 4. The van der Waals surface area contributed by atoms with Crippen molar-refractivity contribution in [2.24, 2.45) is 0 Å². The smallest absolute Gasteiger partial charge is 0.337 e. The number of urea groups is 1. The van der Waals surface area contributed by atoms with Gasteiger partial charge in [0.25, 0.3) is 0 Å². The topological polar surface area (TPSA) is 83.3 Å². The molecule has 1 fully saturated rings. The maximum Gasteiger partial charge on any atom is 0.416 e. The van der Waals surface area contributed by atoms with Crippen molar-refractivity contribution in [1.29, 1.82) is 0 Å². The molecule has 2 amide bonds. The second-order valence-electron chi connectivity index (χ2n) is 7.38. The molecule has 1 saturated heterocycles. The van der Waals surface area contributed by atoms with Gasteiger partial charge in [-0.15, -0.1) is 0 Å². The molecule has 0 spiro atoms. The van der Waals surface area contributed by atoms with E-state index >= 15 is 0 Å². The van der Waals surface area contributed by atoms with Gasteiger partial charge in [0.15, 0.2) is 0 Å². The minimum atomic E-state index is -4.42. The first kappa shape index (κ1) is 20.9. The fourth-order valence-corrected chi connectivity index (χ4v) is 3.56. The van der Waals surface area contributed by atoms with Gasteiger partial charge in [0.2, 0.25) is 11.7 Å². The first-order valence-corrected chi connectivity index (χ1v) is 9.63. The quantitative estimate of drug-likeness (QED) is 0.643. The molecule has 31 heavy (non-hydrogen) atoms. The molecule has 0 aliphatic carbocycles. The summed E-state index contributed by atoms with van der Waals surface area (Å²) >= 11 is 0. The lowest BCUT2D eigenvalue weighted by Crippen LogP contribution is -2.39. The number of hydrogen-bond donors (Lipinski definition) is 2. The summed E-state index contributed by atoms with van der Waals surface area (Å²) in [5.74, 6) is 0.967. The van der Waals surface area contributed by atoms with Crippen molar-refractivity contribution in [3.05, 3.63) is 66.1 Å². The molecule has 0 radical (unpaired) electrons. The Bertz CT molecular complexity index is 1040. The van der Waals surface area contributed by atoms with Crippen molar-refractivity contribution in [1.82, 2.24) is 20.4 Å². The molecule has 0 bridgehead atoms. The number of likely N-dealkylation sites (N-methyl/N-ethyl adjacent to an activating group) is 1. The number of benzene rings is 2. The van der Waals surface area contributed by atoms with Crippen molar-refractivity contribution >= 4 is 11.7 Å². The Hall–Kier alpha value is -3.40. The number of nitrogens with zero attached hydrogens (tertiary/aromatic N) is 3. The van der Waals surface area contributed by atoms with Gasteiger partial charge in [0.05, 0.1) is 11.6 Å². The molecule has 2 unspecified atom stereocenters. The van der Waals surface area contributed by atoms with Crippen LogP contribution in [0.5, 0.6) is 0 Å². The average molecular weight is 431 g/mol.